The maximum absolute atomic E-state index is 12.0. The Morgan fingerprint density at radius 2 is 1.74 bits per heavy atom. The number of para-hydroxylation sites is 1. The van der Waals surface area contributed by atoms with Gasteiger partial charge in [-0.2, -0.15) is 10.1 Å². The number of esters is 1. The molecule has 3 aromatic carbocycles. The molecular formula is C27H22N4O3. The van der Waals surface area contributed by atoms with Crippen molar-refractivity contribution in [3.05, 3.63) is 113 Å². The summed E-state index contributed by atoms with van der Waals surface area (Å²) in [5, 5.41) is 8.05. The average molecular weight is 450 g/mol. The number of nitrogens with one attached hydrogen (secondary N) is 1. The van der Waals surface area contributed by atoms with Crippen molar-refractivity contribution < 1.29 is 14.3 Å². The lowest BCUT2D eigenvalue weighted by atomic mass is 9.84. The molecule has 7 nitrogen and oxygen atoms in total. The van der Waals surface area contributed by atoms with Gasteiger partial charge in [-0.15, -0.1) is 0 Å². The standard InChI is InChI=1S/C27H22N4O3/c1-16-7-9-17(10-8-16)24-22-23(30-27-28-15-29-31(24)27)20-5-3-4-6-21(20)34-25(22)18-11-13-19(14-12-18)26(32)33-2/h3-15,24-25H,1-2H3,(H,28,29,30)/t24-,25+/m1/s1. The molecule has 2 aliphatic rings. The minimum Gasteiger partial charge on any atom is -0.480 e. The van der Waals surface area contributed by atoms with Crippen molar-refractivity contribution in [1.29, 1.82) is 0 Å². The van der Waals surface area contributed by atoms with Gasteiger partial charge in [-0.25, -0.2) is 9.48 Å². The molecule has 0 spiro atoms. The van der Waals surface area contributed by atoms with Gasteiger partial charge in [-0.1, -0.05) is 54.1 Å². The molecule has 3 heterocycles. The number of aryl methyl sites for hydroxylation is 1. The smallest absolute Gasteiger partial charge is 0.337 e. The summed E-state index contributed by atoms with van der Waals surface area (Å²) in [7, 11) is 1.38. The highest BCUT2D eigenvalue weighted by molar-refractivity contribution is 5.89. The molecule has 168 valence electrons. The molecule has 0 unspecified atom stereocenters. The SMILES string of the molecule is COC(=O)c1ccc([C@@H]2Oc3ccccc3C3=C2[C@@H](c2ccc(C)cc2)n2ncnc2N3)cc1. The number of hydrogen-bond acceptors (Lipinski definition) is 6. The van der Waals surface area contributed by atoms with Crippen molar-refractivity contribution in [3.63, 3.8) is 0 Å². The molecular weight excluding hydrogens is 428 g/mol. The van der Waals surface area contributed by atoms with Crippen LogP contribution in [-0.2, 0) is 4.74 Å². The van der Waals surface area contributed by atoms with Crippen molar-refractivity contribution >= 4 is 17.6 Å². The van der Waals surface area contributed by atoms with Crippen LogP contribution in [0.3, 0.4) is 0 Å². The van der Waals surface area contributed by atoms with Crippen LogP contribution in [0.4, 0.5) is 5.95 Å². The van der Waals surface area contributed by atoms with Gasteiger partial charge in [0.15, 0.2) is 0 Å². The van der Waals surface area contributed by atoms with E-state index in [2.05, 4.69) is 46.6 Å². The Morgan fingerprint density at radius 1 is 1.00 bits per heavy atom. The van der Waals surface area contributed by atoms with Crippen molar-refractivity contribution in [3.8, 4) is 5.75 Å². The number of anilines is 1. The Kier molecular flexibility index (Phi) is 4.69. The summed E-state index contributed by atoms with van der Waals surface area (Å²) in [6, 6.07) is 23.6. The normalized spacial score (nSPS) is 18.2. The molecule has 7 heteroatoms. The molecule has 2 aliphatic heterocycles. The molecule has 1 N–H and O–H groups in total. The summed E-state index contributed by atoms with van der Waals surface area (Å²) in [5.41, 5.74) is 6.67. The van der Waals surface area contributed by atoms with E-state index >= 15 is 0 Å². The Morgan fingerprint density at radius 3 is 2.50 bits per heavy atom. The van der Waals surface area contributed by atoms with Gasteiger partial charge in [0.25, 0.3) is 0 Å². The van der Waals surface area contributed by atoms with E-state index in [0.717, 1.165) is 33.7 Å². The van der Waals surface area contributed by atoms with Gasteiger partial charge >= 0.3 is 5.97 Å². The van der Waals surface area contributed by atoms with Crippen LogP contribution in [0.25, 0.3) is 5.70 Å². The lowest BCUT2D eigenvalue weighted by Crippen LogP contribution is -2.32. The fraction of sp³-hybridized carbons (Fsp3) is 0.148. The molecule has 1 aromatic heterocycles. The summed E-state index contributed by atoms with van der Waals surface area (Å²) in [6.07, 6.45) is 1.17. The molecule has 0 saturated carbocycles. The van der Waals surface area contributed by atoms with E-state index in [1.807, 2.05) is 41.1 Å². The number of methoxy groups -OCH3 is 1. The summed E-state index contributed by atoms with van der Waals surface area (Å²) in [5.74, 6) is 1.10. The first-order chi connectivity index (χ1) is 16.6. The van der Waals surface area contributed by atoms with Gasteiger partial charge in [0, 0.05) is 11.1 Å². The predicted molar refractivity (Wildman–Crippen MR) is 127 cm³/mol. The summed E-state index contributed by atoms with van der Waals surface area (Å²) in [4.78, 5) is 16.4. The lowest BCUT2D eigenvalue weighted by molar-refractivity contribution is 0.0600. The van der Waals surface area contributed by atoms with Crippen molar-refractivity contribution in [2.24, 2.45) is 0 Å². The Bertz CT molecular complexity index is 1420. The lowest BCUT2D eigenvalue weighted by Gasteiger charge is -2.39. The molecule has 2 atom stereocenters. The van der Waals surface area contributed by atoms with E-state index in [1.54, 1.807) is 18.5 Å². The number of carbonyl (C=O) groups excluding carboxylic acids is 1. The topological polar surface area (TPSA) is 78.3 Å². The third kappa shape index (κ3) is 3.16. The van der Waals surface area contributed by atoms with Crippen LogP contribution in [0.1, 0.15) is 44.8 Å². The zero-order valence-corrected chi connectivity index (χ0v) is 18.7. The molecule has 0 saturated heterocycles. The molecule has 0 fully saturated rings. The highest BCUT2D eigenvalue weighted by atomic mass is 16.5. The third-order valence-corrected chi connectivity index (χ3v) is 6.35. The van der Waals surface area contributed by atoms with E-state index in [4.69, 9.17) is 9.47 Å². The largest absolute Gasteiger partial charge is 0.480 e. The highest BCUT2D eigenvalue weighted by Gasteiger charge is 2.40. The van der Waals surface area contributed by atoms with Gasteiger partial charge in [0.05, 0.1) is 18.4 Å². The molecule has 0 aliphatic carbocycles. The summed E-state index contributed by atoms with van der Waals surface area (Å²) in [6.45, 7) is 2.07. The van der Waals surface area contributed by atoms with E-state index < -0.39 is 6.10 Å². The van der Waals surface area contributed by atoms with E-state index in [1.165, 1.54) is 12.7 Å². The van der Waals surface area contributed by atoms with E-state index in [-0.39, 0.29) is 12.0 Å². The molecule has 0 amide bonds. The first kappa shape index (κ1) is 20.2. The van der Waals surface area contributed by atoms with Gasteiger partial charge < -0.3 is 14.8 Å². The molecule has 6 rings (SSSR count). The van der Waals surface area contributed by atoms with Gasteiger partial charge in [-0.05, 0) is 42.3 Å². The summed E-state index contributed by atoms with van der Waals surface area (Å²) < 4.78 is 13.4. The number of ether oxygens (including phenoxy) is 2. The first-order valence-corrected chi connectivity index (χ1v) is 11.1. The highest BCUT2D eigenvalue weighted by Crippen LogP contribution is 2.50. The molecule has 34 heavy (non-hydrogen) atoms. The Balaban J connectivity index is 1.56. The van der Waals surface area contributed by atoms with Crippen molar-refractivity contribution in [2.45, 2.75) is 19.1 Å². The fourth-order valence-corrected chi connectivity index (χ4v) is 4.67. The van der Waals surface area contributed by atoms with Crippen molar-refractivity contribution in [2.75, 3.05) is 12.4 Å². The van der Waals surface area contributed by atoms with Crippen molar-refractivity contribution in [1.82, 2.24) is 14.8 Å². The van der Waals surface area contributed by atoms with Gasteiger partial charge in [-0.3, -0.25) is 0 Å². The maximum Gasteiger partial charge on any atom is 0.337 e. The number of benzene rings is 3. The monoisotopic (exact) mass is 450 g/mol. The zero-order chi connectivity index (χ0) is 23.2. The number of rotatable bonds is 3. The second kappa shape index (κ2) is 7.88. The first-order valence-electron chi connectivity index (χ1n) is 11.1. The van der Waals surface area contributed by atoms with Crippen LogP contribution in [0.5, 0.6) is 5.75 Å². The van der Waals surface area contributed by atoms with Gasteiger partial charge in [0.1, 0.15) is 24.2 Å². The number of nitrogens with zero attached hydrogens (tertiary/aromatic N) is 3. The predicted octanol–water partition coefficient (Wildman–Crippen LogP) is 4.93. The number of fused-ring (bicyclic) bond motifs is 3. The number of carbonyl (C=O) groups is 1. The quantitative estimate of drug-likeness (QED) is 0.446. The van der Waals surface area contributed by atoms with Crippen LogP contribution >= 0.6 is 0 Å². The van der Waals surface area contributed by atoms with Crippen LogP contribution < -0.4 is 10.1 Å². The van der Waals surface area contributed by atoms with Crippen LogP contribution in [0, 0.1) is 6.92 Å². The molecule has 0 bridgehead atoms. The number of aromatic nitrogens is 3. The van der Waals surface area contributed by atoms with Gasteiger partial charge in [0.2, 0.25) is 5.95 Å². The van der Waals surface area contributed by atoms with Crippen LogP contribution in [-0.4, -0.2) is 27.8 Å². The maximum atomic E-state index is 12.0. The average Bonchev–Trinajstić information content (AvgIpc) is 3.35. The second-order valence-corrected chi connectivity index (χ2v) is 8.40. The minimum absolute atomic E-state index is 0.215. The Hall–Kier alpha value is -4.39. The number of hydrogen-bond donors (Lipinski definition) is 1. The molecule has 4 aromatic rings. The minimum atomic E-state index is -0.396. The summed E-state index contributed by atoms with van der Waals surface area (Å²) >= 11 is 0. The second-order valence-electron chi connectivity index (χ2n) is 8.40. The van der Waals surface area contributed by atoms with E-state index in [9.17, 15) is 4.79 Å². The van der Waals surface area contributed by atoms with E-state index in [0.29, 0.717) is 11.5 Å². The molecule has 0 radical (unpaired) electrons. The fourth-order valence-electron chi connectivity index (χ4n) is 4.67. The Labute approximate surface area is 196 Å². The van der Waals surface area contributed by atoms with Crippen LogP contribution in [0.15, 0.2) is 84.7 Å². The van der Waals surface area contributed by atoms with Crippen LogP contribution in [0.2, 0.25) is 0 Å². The third-order valence-electron chi connectivity index (χ3n) is 6.35. The zero-order valence-electron chi connectivity index (χ0n) is 18.7.